The first-order valence-corrected chi connectivity index (χ1v) is 6.72. The van der Waals surface area contributed by atoms with Crippen LogP contribution in [0.25, 0.3) is 0 Å². The molecule has 7 heteroatoms. The fourth-order valence-corrected chi connectivity index (χ4v) is 2.21. The Morgan fingerprint density at radius 3 is 2.43 bits per heavy atom. The number of hydrogen-bond donors (Lipinski definition) is 0. The third-order valence-electron chi connectivity index (χ3n) is 2.86. The number of hydrogen-bond acceptors (Lipinski definition) is 2. The van der Waals surface area contributed by atoms with Crippen molar-refractivity contribution < 1.29 is 13.2 Å². The fourth-order valence-electron chi connectivity index (χ4n) is 1.81. The molecule has 0 aliphatic heterocycles. The van der Waals surface area contributed by atoms with E-state index in [1.807, 2.05) is 6.07 Å². The molecule has 0 N–H and O–H groups in total. The normalized spacial score (nSPS) is 11.5. The predicted octanol–water partition coefficient (Wildman–Crippen LogP) is 5.04. The molecule has 21 heavy (non-hydrogen) atoms. The van der Waals surface area contributed by atoms with Crippen LogP contribution in [0.15, 0.2) is 36.4 Å². The van der Waals surface area contributed by atoms with Gasteiger partial charge in [-0.05, 0) is 23.8 Å². The zero-order valence-electron chi connectivity index (χ0n) is 11.0. The van der Waals surface area contributed by atoms with Gasteiger partial charge < -0.3 is 4.90 Å². The van der Waals surface area contributed by atoms with Crippen molar-refractivity contribution in [2.75, 3.05) is 11.9 Å². The van der Waals surface area contributed by atoms with Crippen LogP contribution in [-0.4, -0.2) is 12.0 Å². The van der Waals surface area contributed by atoms with E-state index in [-0.39, 0.29) is 11.0 Å². The van der Waals surface area contributed by atoms with Crippen LogP contribution in [0, 0.1) is 0 Å². The lowest BCUT2D eigenvalue weighted by Gasteiger charge is -2.20. The molecule has 0 saturated carbocycles. The minimum Gasteiger partial charge on any atom is -0.355 e. The summed E-state index contributed by atoms with van der Waals surface area (Å²) in [5, 5.41) is 0.341. The minimum atomic E-state index is -4.47. The van der Waals surface area contributed by atoms with Gasteiger partial charge in [-0.2, -0.15) is 13.2 Å². The number of benzene rings is 1. The molecule has 0 bridgehead atoms. The topological polar surface area (TPSA) is 16.1 Å². The van der Waals surface area contributed by atoms with Gasteiger partial charge in [0.1, 0.15) is 11.0 Å². The van der Waals surface area contributed by atoms with Crippen molar-refractivity contribution in [2.45, 2.75) is 12.7 Å². The largest absolute Gasteiger partial charge is 0.416 e. The predicted molar refractivity (Wildman–Crippen MR) is 77.8 cm³/mol. The van der Waals surface area contributed by atoms with Crippen LogP contribution >= 0.6 is 23.2 Å². The van der Waals surface area contributed by atoms with Gasteiger partial charge in [-0.1, -0.05) is 41.4 Å². The van der Waals surface area contributed by atoms with E-state index >= 15 is 0 Å². The Labute approximate surface area is 130 Å². The number of pyridine rings is 1. The Morgan fingerprint density at radius 2 is 1.81 bits per heavy atom. The van der Waals surface area contributed by atoms with Gasteiger partial charge in [0.15, 0.2) is 0 Å². The smallest absolute Gasteiger partial charge is 0.355 e. The molecule has 2 nitrogen and oxygen atoms in total. The second kappa shape index (κ2) is 6.12. The first-order valence-electron chi connectivity index (χ1n) is 5.96. The maximum atomic E-state index is 12.8. The van der Waals surface area contributed by atoms with Crippen LogP contribution in [0.4, 0.5) is 19.0 Å². The Bertz CT molecular complexity index is 644. The number of aromatic nitrogens is 1. The van der Waals surface area contributed by atoms with E-state index in [0.29, 0.717) is 11.6 Å². The molecular weight excluding hydrogens is 324 g/mol. The molecule has 0 unspecified atom stereocenters. The molecule has 1 aromatic heterocycles. The molecule has 2 rings (SSSR count). The number of nitrogens with zero attached hydrogens (tertiary/aromatic N) is 2. The molecule has 0 atom stereocenters. The van der Waals surface area contributed by atoms with Crippen molar-refractivity contribution in [3.8, 4) is 0 Å². The van der Waals surface area contributed by atoms with Crippen molar-refractivity contribution in [1.29, 1.82) is 0 Å². The summed E-state index contributed by atoms with van der Waals surface area (Å²) in [6.45, 7) is 0.324. The van der Waals surface area contributed by atoms with Gasteiger partial charge in [0, 0.05) is 18.6 Å². The summed E-state index contributed by atoms with van der Waals surface area (Å²) in [5.74, 6) is 0.134. The van der Waals surface area contributed by atoms with Gasteiger partial charge in [0.05, 0.1) is 5.56 Å². The summed E-state index contributed by atoms with van der Waals surface area (Å²) in [5.41, 5.74) is -0.0412. The molecular formula is C14H11Cl2F3N2. The summed E-state index contributed by atoms with van der Waals surface area (Å²) in [6.07, 6.45) is -4.47. The van der Waals surface area contributed by atoms with Gasteiger partial charge in [-0.3, -0.25) is 0 Å². The highest BCUT2D eigenvalue weighted by atomic mass is 35.5. The summed E-state index contributed by atoms with van der Waals surface area (Å²) < 4.78 is 38.3. The molecule has 0 amide bonds. The highest BCUT2D eigenvalue weighted by Gasteiger charge is 2.31. The molecule has 1 aromatic carbocycles. The highest BCUT2D eigenvalue weighted by molar-refractivity contribution is 6.31. The molecule has 0 radical (unpaired) electrons. The summed E-state index contributed by atoms with van der Waals surface area (Å²) >= 11 is 11.7. The van der Waals surface area contributed by atoms with Crippen molar-refractivity contribution in [3.05, 3.63) is 57.7 Å². The molecule has 0 saturated heterocycles. The van der Waals surface area contributed by atoms with Crippen molar-refractivity contribution in [3.63, 3.8) is 0 Å². The Hall–Kier alpha value is -1.46. The van der Waals surface area contributed by atoms with E-state index in [0.717, 1.165) is 17.7 Å². The number of halogens is 5. The first kappa shape index (κ1) is 15.9. The number of rotatable bonds is 3. The second-order valence-electron chi connectivity index (χ2n) is 4.48. The average molecular weight is 335 g/mol. The fraction of sp³-hybridized carbons (Fsp3) is 0.214. The third-order valence-corrected chi connectivity index (χ3v) is 3.43. The van der Waals surface area contributed by atoms with Gasteiger partial charge in [-0.25, -0.2) is 4.98 Å². The van der Waals surface area contributed by atoms with E-state index in [2.05, 4.69) is 4.98 Å². The lowest BCUT2D eigenvalue weighted by atomic mass is 10.2. The zero-order chi connectivity index (χ0) is 15.6. The second-order valence-corrected chi connectivity index (χ2v) is 5.28. The molecule has 0 aliphatic carbocycles. The van der Waals surface area contributed by atoms with E-state index < -0.39 is 11.7 Å². The molecule has 0 spiro atoms. The standard InChI is InChI=1S/C14H11Cl2F3N2/c1-21(8-9-4-2-3-5-11(9)15)13-7-10(14(17,18)19)6-12(16)20-13/h2-7H,8H2,1H3. The summed E-state index contributed by atoms with van der Waals surface area (Å²) in [4.78, 5) is 5.48. The summed E-state index contributed by atoms with van der Waals surface area (Å²) in [6, 6.07) is 8.87. The molecule has 2 aromatic rings. The first-order chi connectivity index (χ1) is 9.77. The summed E-state index contributed by atoms with van der Waals surface area (Å²) in [7, 11) is 1.63. The van der Waals surface area contributed by atoms with E-state index in [1.54, 1.807) is 30.1 Å². The maximum Gasteiger partial charge on any atom is 0.416 e. The van der Waals surface area contributed by atoms with Crippen LogP contribution in [0.5, 0.6) is 0 Å². The quantitative estimate of drug-likeness (QED) is 0.730. The van der Waals surface area contributed by atoms with Gasteiger partial charge in [0.2, 0.25) is 0 Å². The van der Waals surface area contributed by atoms with Crippen LogP contribution in [0.1, 0.15) is 11.1 Å². The number of alkyl halides is 3. The average Bonchev–Trinajstić information content (AvgIpc) is 2.39. The van der Waals surface area contributed by atoms with Crippen molar-refractivity contribution >= 4 is 29.0 Å². The molecule has 112 valence electrons. The highest BCUT2D eigenvalue weighted by Crippen LogP contribution is 2.33. The van der Waals surface area contributed by atoms with Gasteiger partial charge in [-0.15, -0.1) is 0 Å². The third kappa shape index (κ3) is 4.02. The number of anilines is 1. The molecule has 0 fully saturated rings. The van der Waals surface area contributed by atoms with Crippen molar-refractivity contribution in [2.24, 2.45) is 0 Å². The van der Waals surface area contributed by atoms with Crippen LogP contribution in [-0.2, 0) is 12.7 Å². The SMILES string of the molecule is CN(Cc1ccccc1Cl)c1cc(C(F)(F)F)cc(Cl)n1. The van der Waals surface area contributed by atoms with Crippen LogP contribution in [0.2, 0.25) is 10.2 Å². The lowest BCUT2D eigenvalue weighted by Crippen LogP contribution is -2.19. The lowest BCUT2D eigenvalue weighted by molar-refractivity contribution is -0.137. The van der Waals surface area contributed by atoms with Crippen LogP contribution in [0.3, 0.4) is 0 Å². The molecule has 0 aliphatic rings. The Morgan fingerprint density at radius 1 is 1.14 bits per heavy atom. The minimum absolute atomic E-state index is 0.134. The van der Waals surface area contributed by atoms with E-state index in [4.69, 9.17) is 23.2 Å². The van der Waals surface area contributed by atoms with Gasteiger partial charge >= 0.3 is 6.18 Å². The van der Waals surface area contributed by atoms with Gasteiger partial charge in [0.25, 0.3) is 0 Å². The zero-order valence-corrected chi connectivity index (χ0v) is 12.5. The maximum absolute atomic E-state index is 12.8. The van der Waals surface area contributed by atoms with Crippen molar-refractivity contribution in [1.82, 2.24) is 4.98 Å². The monoisotopic (exact) mass is 334 g/mol. The van der Waals surface area contributed by atoms with E-state index in [9.17, 15) is 13.2 Å². The Balaban J connectivity index is 2.29. The van der Waals surface area contributed by atoms with Crippen LogP contribution < -0.4 is 4.90 Å². The molecule has 1 heterocycles. The van der Waals surface area contributed by atoms with E-state index in [1.165, 1.54) is 0 Å². The Kier molecular flexibility index (Phi) is 4.64.